The molecule has 2 heterocycles. The number of hydrogen-bond acceptors (Lipinski definition) is 1. The van der Waals surface area contributed by atoms with Crippen LogP contribution in [0.15, 0.2) is 18.5 Å². The van der Waals surface area contributed by atoms with E-state index in [1.165, 1.54) is 18.4 Å². The average Bonchev–Trinajstić information content (AvgIpc) is 2.83. The van der Waals surface area contributed by atoms with E-state index in [1.807, 2.05) is 18.5 Å². The number of H-pyrrole nitrogens is 1. The van der Waals surface area contributed by atoms with Crippen molar-refractivity contribution in [1.82, 2.24) is 9.97 Å². The van der Waals surface area contributed by atoms with Crippen LogP contribution < -0.4 is 0 Å². The molecule has 1 aliphatic carbocycles. The predicted octanol–water partition coefficient (Wildman–Crippen LogP) is 3.09. The van der Waals surface area contributed by atoms with Crippen LogP contribution in [0.1, 0.15) is 24.3 Å². The summed E-state index contributed by atoms with van der Waals surface area (Å²) in [6.45, 7) is 0. The van der Waals surface area contributed by atoms with Gasteiger partial charge in [-0.3, -0.25) is 0 Å². The van der Waals surface area contributed by atoms with E-state index in [-0.39, 0.29) is 0 Å². The zero-order valence-electron chi connectivity index (χ0n) is 7.05. The number of aromatic nitrogens is 2. The molecule has 0 saturated heterocycles. The third-order valence-electron chi connectivity index (χ3n) is 2.56. The van der Waals surface area contributed by atoms with E-state index in [1.54, 1.807) is 0 Å². The molecule has 0 spiro atoms. The highest BCUT2D eigenvalue weighted by molar-refractivity contribution is 6.36. The van der Waals surface area contributed by atoms with Gasteiger partial charge in [-0.05, 0) is 30.4 Å². The Kier molecular flexibility index (Phi) is 1.41. The summed E-state index contributed by atoms with van der Waals surface area (Å²) in [7, 11) is 0. The summed E-state index contributed by atoms with van der Waals surface area (Å²) in [5.74, 6) is 0.666. The summed E-state index contributed by atoms with van der Waals surface area (Å²) in [5, 5.41) is 1.93. The molecule has 0 aliphatic heterocycles. The van der Waals surface area contributed by atoms with Gasteiger partial charge in [0.05, 0.1) is 5.02 Å². The number of pyridine rings is 1. The number of hydrogen-bond donors (Lipinski definition) is 1. The predicted molar refractivity (Wildman–Crippen MR) is 53.1 cm³/mol. The number of nitrogens with zero attached hydrogens (tertiary/aromatic N) is 1. The molecule has 0 amide bonds. The van der Waals surface area contributed by atoms with Crippen LogP contribution in [-0.2, 0) is 0 Å². The molecule has 2 aromatic heterocycles. The Balaban J connectivity index is 2.30. The molecule has 3 heteroatoms. The van der Waals surface area contributed by atoms with Crippen molar-refractivity contribution in [3.05, 3.63) is 29.0 Å². The summed E-state index contributed by atoms with van der Waals surface area (Å²) < 4.78 is 0. The van der Waals surface area contributed by atoms with E-state index in [9.17, 15) is 0 Å². The molecule has 3 rings (SSSR count). The van der Waals surface area contributed by atoms with Gasteiger partial charge in [0, 0.05) is 17.8 Å². The fourth-order valence-corrected chi connectivity index (χ4v) is 2.03. The molecule has 1 aliphatic rings. The standard InChI is InChI=1S/C10H9ClN2/c11-9-7-3-4-12-10(7)13-5-8(9)6-1-2-6/h3-6H,1-2H2,(H,12,13). The molecule has 0 unspecified atom stereocenters. The molecule has 0 radical (unpaired) electrons. The maximum Gasteiger partial charge on any atom is 0.138 e. The van der Waals surface area contributed by atoms with E-state index in [0.29, 0.717) is 5.92 Å². The monoisotopic (exact) mass is 192 g/mol. The van der Waals surface area contributed by atoms with Crippen molar-refractivity contribution < 1.29 is 0 Å². The molecule has 2 nitrogen and oxygen atoms in total. The van der Waals surface area contributed by atoms with Crippen molar-refractivity contribution in [3.8, 4) is 0 Å². The van der Waals surface area contributed by atoms with Crippen molar-refractivity contribution in [1.29, 1.82) is 0 Å². The minimum atomic E-state index is 0.666. The van der Waals surface area contributed by atoms with Crippen LogP contribution in [0.25, 0.3) is 11.0 Å². The van der Waals surface area contributed by atoms with Crippen molar-refractivity contribution in [2.24, 2.45) is 0 Å². The minimum Gasteiger partial charge on any atom is -0.346 e. The van der Waals surface area contributed by atoms with Gasteiger partial charge in [0.1, 0.15) is 5.65 Å². The molecule has 0 atom stereocenters. The molecule has 13 heavy (non-hydrogen) atoms. The average molecular weight is 193 g/mol. The zero-order chi connectivity index (χ0) is 8.84. The first-order valence-corrected chi connectivity index (χ1v) is 4.85. The Morgan fingerprint density at radius 1 is 1.46 bits per heavy atom. The van der Waals surface area contributed by atoms with Gasteiger partial charge in [-0.2, -0.15) is 0 Å². The normalized spacial score (nSPS) is 16.7. The van der Waals surface area contributed by atoms with Crippen LogP contribution in [0.3, 0.4) is 0 Å². The maximum atomic E-state index is 6.26. The first-order chi connectivity index (χ1) is 6.36. The quantitative estimate of drug-likeness (QED) is 0.739. The van der Waals surface area contributed by atoms with E-state index in [0.717, 1.165) is 16.1 Å². The third kappa shape index (κ3) is 1.05. The largest absolute Gasteiger partial charge is 0.346 e. The maximum absolute atomic E-state index is 6.26. The molecular formula is C10H9ClN2. The number of aromatic amines is 1. The highest BCUT2D eigenvalue weighted by atomic mass is 35.5. The Morgan fingerprint density at radius 2 is 2.31 bits per heavy atom. The van der Waals surface area contributed by atoms with Gasteiger partial charge in [-0.1, -0.05) is 11.6 Å². The van der Waals surface area contributed by atoms with Crippen LogP contribution in [0, 0.1) is 0 Å². The van der Waals surface area contributed by atoms with Crippen LogP contribution in [-0.4, -0.2) is 9.97 Å². The summed E-state index contributed by atoms with van der Waals surface area (Å²) in [6, 6.07) is 1.98. The Labute approximate surface area is 80.9 Å². The fraction of sp³-hybridized carbons (Fsp3) is 0.300. The molecule has 1 N–H and O–H groups in total. The van der Waals surface area contributed by atoms with Crippen LogP contribution in [0.4, 0.5) is 0 Å². The lowest BCUT2D eigenvalue weighted by Crippen LogP contribution is -1.85. The van der Waals surface area contributed by atoms with Crippen molar-refractivity contribution >= 4 is 22.6 Å². The second-order valence-corrected chi connectivity index (χ2v) is 3.92. The lowest BCUT2D eigenvalue weighted by molar-refractivity contribution is 1.11. The summed E-state index contributed by atoms with van der Waals surface area (Å²) in [4.78, 5) is 7.37. The Hall–Kier alpha value is -1.02. The lowest BCUT2D eigenvalue weighted by Gasteiger charge is -2.01. The molecule has 2 aromatic rings. The number of rotatable bonds is 1. The number of nitrogens with one attached hydrogen (secondary N) is 1. The number of halogens is 1. The van der Waals surface area contributed by atoms with Crippen LogP contribution in [0.2, 0.25) is 5.02 Å². The molecule has 1 fully saturated rings. The second kappa shape index (κ2) is 2.48. The summed E-state index contributed by atoms with van der Waals surface area (Å²) >= 11 is 6.26. The fourth-order valence-electron chi connectivity index (χ4n) is 1.67. The van der Waals surface area contributed by atoms with E-state index >= 15 is 0 Å². The van der Waals surface area contributed by atoms with Gasteiger partial charge >= 0.3 is 0 Å². The van der Waals surface area contributed by atoms with Crippen molar-refractivity contribution in [2.45, 2.75) is 18.8 Å². The van der Waals surface area contributed by atoms with Gasteiger partial charge < -0.3 is 4.98 Å². The lowest BCUT2D eigenvalue weighted by atomic mass is 10.1. The SMILES string of the molecule is Clc1c(C2CC2)cnc2[nH]ccc12. The second-order valence-electron chi connectivity index (χ2n) is 3.54. The van der Waals surface area contributed by atoms with Gasteiger partial charge in [-0.25, -0.2) is 4.98 Å². The molecule has 0 bridgehead atoms. The molecular weight excluding hydrogens is 184 g/mol. The molecule has 1 saturated carbocycles. The van der Waals surface area contributed by atoms with Gasteiger partial charge in [-0.15, -0.1) is 0 Å². The van der Waals surface area contributed by atoms with Gasteiger partial charge in [0.25, 0.3) is 0 Å². The first kappa shape index (κ1) is 7.39. The Bertz CT molecular complexity index is 457. The van der Waals surface area contributed by atoms with E-state index in [2.05, 4.69) is 9.97 Å². The first-order valence-electron chi connectivity index (χ1n) is 4.48. The summed E-state index contributed by atoms with van der Waals surface area (Å²) in [6.07, 6.45) is 6.30. The van der Waals surface area contributed by atoms with Crippen molar-refractivity contribution in [2.75, 3.05) is 0 Å². The highest BCUT2D eigenvalue weighted by Gasteiger charge is 2.26. The third-order valence-corrected chi connectivity index (χ3v) is 2.99. The van der Waals surface area contributed by atoms with Gasteiger partial charge in [0.15, 0.2) is 0 Å². The highest BCUT2D eigenvalue weighted by Crippen LogP contribution is 2.44. The van der Waals surface area contributed by atoms with Crippen molar-refractivity contribution in [3.63, 3.8) is 0 Å². The molecule has 66 valence electrons. The van der Waals surface area contributed by atoms with Gasteiger partial charge in [0.2, 0.25) is 0 Å². The summed E-state index contributed by atoms with van der Waals surface area (Å²) in [5.41, 5.74) is 2.10. The topological polar surface area (TPSA) is 28.7 Å². The van der Waals surface area contributed by atoms with E-state index in [4.69, 9.17) is 11.6 Å². The number of fused-ring (bicyclic) bond motifs is 1. The van der Waals surface area contributed by atoms with Crippen LogP contribution in [0.5, 0.6) is 0 Å². The zero-order valence-corrected chi connectivity index (χ0v) is 7.80. The smallest absolute Gasteiger partial charge is 0.138 e. The Morgan fingerprint density at radius 3 is 3.08 bits per heavy atom. The van der Waals surface area contributed by atoms with Crippen LogP contribution >= 0.6 is 11.6 Å². The minimum absolute atomic E-state index is 0.666. The molecule has 0 aromatic carbocycles. The van der Waals surface area contributed by atoms with E-state index < -0.39 is 0 Å².